The summed E-state index contributed by atoms with van der Waals surface area (Å²) in [7, 11) is 1.83. The van der Waals surface area contributed by atoms with Gasteiger partial charge in [-0.3, -0.25) is 9.79 Å². The molecule has 0 bridgehead atoms. The molecule has 1 aromatic carbocycles. The standard InChI is InChI=1S/C18H27BrN4O/c1-4-20-18(22-16-11-13(16)2)21-10-9-17(24)23(3)12-14-7-5-6-8-15(14)19/h5-8,13,16H,4,9-12H2,1-3H3,(H2,20,21,22). The van der Waals surface area contributed by atoms with E-state index in [4.69, 9.17) is 0 Å². The van der Waals surface area contributed by atoms with Gasteiger partial charge >= 0.3 is 0 Å². The molecule has 2 unspecified atom stereocenters. The Kier molecular flexibility index (Phi) is 7.09. The van der Waals surface area contributed by atoms with Crippen LogP contribution in [-0.2, 0) is 11.3 Å². The van der Waals surface area contributed by atoms with Gasteiger partial charge in [-0.1, -0.05) is 41.1 Å². The number of nitrogens with one attached hydrogen (secondary N) is 2. The van der Waals surface area contributed by atoms with Crippen LogP contribution in [0.5, 0.6) is 0 Å². The van der Waals surface area contributed by atoms with E-state index >= 15 is 0 Å². The Bertz CT molecular complexity index is 590. The first-order valence-corrected chi connectivity index (χ1v) is 9.32. The van der Waals surface area contributed by atoms with Crippen molar-refractivity contribution in [2.45, 2.75) is 39.3 Å². The highest BCUT2D eigenvalue weighted by Gasteiger charge is 2.33. The van der Waals surface area contributed by atoms with Crippen molar-refractivity contribution in [1.82, 2.24) is 15.5 Å². The highest BCUT2D eigenvalue weighted by atomic mass is 79.9. The van der Waals surface area contributed by atoms with Crippen molar-refractivity contribution >= 4 is 27.8 Å². The van der Waals surface area contributed by atoms with Gasteiger partial charge in [0.05, 0.1) is 6.54 Å². The molecule has 0 heterocycles. The maximum absolute atomic E-state index is 12.3. The summed E-state index contributed by atoms with van der Waals surface area (Å²) in [6.45, 7) is 6.19. The van der Waals surface area contributed by atoms with Crippen LogP contribution in [0.15, 0.2) is 33.7 Å². The molecule has 132 valence electrons. The second kappa shape index (κ2) is 9.06. The molecule has 1 aliphatic carbocycles. The second-order valence-electron chi connectivity index (χ2n) is 6.32. The zero-order chi connectivity index (χ0) is 17.5. The van der Waals surface area contributed by atoms with Crippen LogP contribution in [0.2, 0.25) is 0 Å². The van der Waals surface area contributed by atoms with Crippen molar-refractivity contribution < 1.29 is 4.79 Å². The third-order valence-corrected chi connectivity index (χ3v) is 4.94. The number of guanidine groups is 1. The first-order chi connectivity index (χ1) is 11.5. The van der Waals surface area contributed by atoms with Gasteiger partial charge < -0.3 is 15.5 Å². The van der Waals surface area contributed by atoms with E-state index in [1.54, 1.807) is 4.90 Å². The Morgan fingerprint density at radius 2 is 2.12 bits per heavy atom. The fourth-order valence-electron chi connectivity index (χ4n) is 2.44. The molecule has 0 aromatic heterocycles. The molecule has 0 spiro atoms. The molecule has 2 N–H and O–H groups in total. The Labute approximate surface area is 153 Å². The Morgan fingerprint density at radius 3 is 2.75 bits per heavy atom. The number of benzene rings is 1. The third-order valence-electron chi connectivity index (χ3n) is 4.16. The Balaban J connectivity index is 1.80. The maximum Gasteiger partial charge on any atom is 0.224 e. The molecule has 6 heteroatoms. The Hall–Kier alpha value is -1.56. The van der Waals surface area contributed by atoms with Crippen molar-refractivity contribution in [2.24, 2.45) is 10.9 Å². The van der Waals surface area contributed by atoms with Gasteiger partial charge in [-0.05, 0) is 30.9 Å². The van der Waals surface area contributed by atoms with Crippen LogP contribution in [0.1, 0.15) is 32.3 Å². The minimum Gasteiger partial charge on any atom is -0.357 e. The lowest BCUT2D eigenvalue weighted by molar-refractivity contribution is -0.130. The number of hydrogen-bond donors (Lipinski definition) is 2. The zero-order valence-corrected chi connectivity index (χ0v) is 16.3. The number of carbonyl (C=O) groups is 1. The molecule has 24 heavy (non-hydrogen) atoms. The molecule has 1 aromatic rings. The number of carbonyl (C=O) groups excluding carboxylic acids is 1. The highest BCUT2D eigenvalue weighted by Crippen LogP contribution is 2.28. The maximum atomic E-state index is 12.3. The van der Waals surface area contributed by atoms with E-state index in [9.17, 15) is 4.79 Å². The third kappa shape index (κ3) is 5.82. The fourth-order valence-corrected chi connectivity index (χ4v) is 2.85. The zero-order valence-electron chi connectivity index (χ0n) is 14.7. The van der Waals surface area contributed by atoms with Crippen LogP contribution < -0.4 is 10.6 Å². The molecule has 0 radical (unpaired) electrons. The molecule has 1 saturated carbocycles. The Morgan fingerprint density at radius 1 is 1.42 bits per heavy atom. The first-order valence-electron chi connectivity index (χ1n) is 8.53. The van der Waals surface area contributed by atoms with E-state index in [0.29, 0.717) is 31.5 Å². The second-order valence-corrected chi connectivity index (χ2v) is 7.17. The van der Waals surface area contributed by atoms with Gasteiger partial charge in [0, 0.05) is 37.1 Å². The van der Waals surface area contributed by atoms with Crippen LogP contribution >= 0.6 is 15.9 Å². The van der Waals surface area contributed by atoms with E-state index in [1.807, 2.05) is 38.2 Å². The van der Waals surface area contributed by atoms with Crippen LogP contribution in [0, 0.1) is 5.92 Å². The lowest BCUT2D eigenvalue weighted by atomic mass is 10.2. The molecule has 0 saturated heterocycles. The number of amides is 1. The molecule has 0 aliphatic heterocycles. The minimum atomic E-state index is 0.102. The number of aliphatic imine (C=N–C) groups is 1. The summed E-state index contributed by atoms with van der Waals surface area (Å²) in [4.78, 5) is 18.5. The van der Waals surface area contributed by atoms with E-state index in [-0.39, 0.29) is 5.91 Å². The predicted octanol–water partition coefficient (Wildman–Crippen LogP) is 2.76. The first kappa shape index (κ1) is 18.8. The van der Waals surface area contributed by atoms with Crippen molar-refractivity contribution in [2.75, 3.05) is 20.1 Å². The smallest absolute Gasteiger partial charge is 0.224 e. The fraction of sp³-hybridized carbons (Fsp3) is 0.556. The van der Waals surface area contributed by atoms with Gasteiger partial charge in [0.1, 0.15) is 0 Å². The largest absolute Gasteiger partial charge is 0.357 e. The topological polar surface area (TPSA) is 56.7 Å². The van der Waals surface area contributed by atoms with Crippen molar-refractivity contribution in [3.8, 4) is 0 Å². The highest BCUT2D eigenvalue weighted by molar-refractivity contribution is 9.10. The summed E-state index contributed by atoms with van der Waals surface area (Å²) in [5.41, 5.74) is 1.11. The summed E-state index contributed by atoms with van der Waals surface area (Å²) < 4.78 is 1.03. The number of halogens is 1. The SMILES string of the molecule is CCNC(=NCCC(=O)N(C)Cc1ccccc1Br)NC1CC1C. The van der Waals surface area contributed by atoms with Gasteiger partial charge in [0.15, 0.2) is 5.96 Å². The average Bonchev–Trinajstić information content (AvgIpc) is 3.24. The molecule has 2 atom stereocenters. The number of hydrogen-bond acceptors (Lipinski definition) is 2. The summed E-state index contributed by atoms with van der Waals surface area (Å²) in [6.07, 6.45) is 1.61. The quantitative estimate of drug-likeness (QED) is 0.552. The molecule has 1 fully saturated rings. The van der Waals surface area contributed by atoms with E-state index in [2.05, 4.69) is 38.5 Å². The molecule has 1 amide bonds. The average molecular weight is 395 g/mol. The van der Waals surface area contributed by atoms with Crippen molar-refractivity contribution in [3.63, 3.8) is 0 Å². The van der Waals surface area contributed by atoms with Gasteiger partial charge in [-0.25, -0.2) is 0 Å². The molecule has 1 aliphatic rings. The predicted molar refractivity (Wildman–Crippen MR) is 102 cm³/mol. The van der Waals surface area contributed by atoms with E-state index < -0.39 is 0 Å². The van der Waals surface area contributed by atoms with E-state index in [0.717, 1.165) is 22.5 Å². The van der Waals surface area contributed by atoms with Crippen LogP contribution in [-0.4, -0.2) is 42.9 Å². The monoisotopic (exact) mass is 394 g/mol. The summed E-state index contributed by atoms with van der Waals surface area (Å²) in [5, 5.41) is 6.63. The van der Waals surface area contributed by atoms with Gasteiger partial charge in [0.25, 0.3) is 0 Å². The summed E-state index contributed by atoms with van der Waals surface area (Å²) >= 11 is 3.52. The molecule has 2 rings (SSSR count). The van der Waals surface area contributed by atoms with Gasteiger partial charge in [-0.2, -0.15) is 0 Å². The normalized spacial score (nSPS) is 19.8. The molecular formula is C18H27BrN4O. The van der Waals surface area contributed by atoms with Crippen LogP contribution in [0.3, 0.4) is 0 Å². The van der Waals surface area contributed by atoms with Crippen molar-refractivity contribution in [3.05, 3.63) is 34.3 Å². The van der Waals surface area contributed by atoms with Gasteiger partial charge in [-0.15, -0.1) is 0 Å². The number of nitrogens with zero attached hydrogens (tertiary/aromatic N) is 2. The molecule has 5 nitrogen and oxygen atoms in total. The van der Waals surface area contributed by atoms with Crippen LogP contribution in [0.4, 0.5) is 0 Å². The minimum absolute atomic E-state index is 0.102. The van der Waals surface area contributed by atoms with E-state index in [1.165, 1.54) is 6.42 Å². The lowest BCUT2D eigenvalue weighted by Gasteiger charge is -2.18. The summed E-state index contributed by atoms with van der Waals surface area (Å²) in [5.74, 6) is 1.63. The van der Waals surface area contributed by atoms with Crippen molar-refractivity contribution in [1.29, 1.82) is 0 Å². The van der Waals surface area contributed by atoms with Crippen LogP contribution in [0.25, 0.3) is 0 Å². The number of rotatable bonds is 7. The van der Waals surface area contributed by atoms with Gasteiger partial charge in [0.2, 0.25) is 5.91 Å². The lowest BCUT2D eigenvalue weighted by Crippen LogP contribution is -2.39. The molecular weight excluding hydrogens is 368 g/mol. The summed E-state index contributed by atoms with van der Waals surface area (Å²) in [6, 6.07) is 8.49.